The Balaban J connectivity index is 2.13. The van der Waals surface area contributed by atoms with Gasteiger partial charge in [-0.15, -0.1) is 11.3 Å². The summed E-state index contributed by atoms with van der Waals surface area (Å²) in [6.07, 6.45) is 1.22. The van der Waals surface area contributed by atoms with E-state index in [0.29, 0.717) is 25.8 Å². The van der Waals surface area contributed by atoms with Crippen molar-refractivity contribution in [2.75, 3.05) is 6.61 Å². The number of likely N-dealkylation sites (tertiary alicyclic amines) is 1. The lowest BCUT2D eigenvalue weighted by atomic mass is 9.82. The minimum Gasteiger partial charge on any atom is -0.395 e. The van der Waals surface area contributed by atoms with Gasteiger partial charge in [-0.05, 0) is 16.9 Å². The Labute approximate surface area is 128 Å². The highest BCUT2D eigenvalue weighted by molar-refractivity contribution is 7.10. The number of carbonyl (C=O) groups is 2. The van der Waals surface area contributed by atoms with Crippen LogP contribution in [0.2, 0.25) is 0 Å². The molecule has 0 atom stereocenters. The Hall–Kier alpha value is -1.64. The van der Waals surface area contributed by atoms with Crippen LogP contribution in [0, 0.1) is 17.3 Å². The van der Waals surface area contributed by atoms with Gasteiger partial charge in [0, 0.05) is 29.7 Å². The van der Waals surface area contributed by atoms with E-state index in [2.05, 4.69) is 11.8 Å². The van der Waals surface area contributed by atoms with Crippen molar-refractivity contribution in [1.29, 1.82) is 0 Å². The van der Waals surface area contributed by atoms with E-state index in [4.69, 9.17) is 5.11 Å². The Morgan fingerprint density at radius 2 is 2.00 bits per heavy atom. The van der Waals surface area contributed by atoms with Crippen LogP contribution in [-0.2, 0) is 16.1 Å². The zero-order valence-corrected chi connectivity index (χ0v) is 13.1. The summed E-state index contributed by atoms with van der Waals surface area (Å²) >= 11 is 1.49. The molecule has 4 nitrogen and oxygen atoms in total. The predicted octanol–water partition coefficient (Wildman–Crippen LogP) is 2.16. The van der Waals surface area contributed by atoms with Crippen molar-refractivity contribution in [2.24, 2.45) is 5.41 Å². The van der Waals surface area contributed by atoms with Crippen molar-refractivity contribution in [3.63, 3.8) is 0 Å². The van der Waals surface area contributed by atoms with Crippen molar-refractivity contribution in [3.05, 3.63) is 21.9 Å². The molecule has 1 aliphatic rings. The molecular weight excluding hydrogens is 286 g/mol. The summed E-state index contributed by atoms with van der Waals surface area (Å²) in [5, 5.41) is 10.7. The summed E-state index contributed by atoms with van der Waals surface area (Å²) in [5.74, 6) is 5.63. The lowest BCUT2D eigenvalue weighted by Crippen LogP contribution is -2.45. The summed E-state index contributed by atoms with van der Waals surface area (Å²) in [4.78, 5) is 26.6. The molecule has 2 rings (SSSR count). The molecule has 1 N–H and O–H groups in total. The molecule has 1 saturated heterocycles. The van der Waals surface area contributed by atoms with Crippen LogP contribution in [0.3, 0.4) is 0 Å². The highest BCUT2D eigenvalue weighted by atomic mass is 32.1. The topological polar surface area (TPSA) is 57.6 Å². The van der Waals surface area contributed by atoms with Gasteiger partial charge in [-0.25, -0.2) is 0 Å². The van der Waals surface area contributed by atoms with Gasteiger partial charge in [0.25, 0.3) is 0 Å². The third-order valence-electron chi connectivity index (χ3n) is 3.37. The molecular formula is C16H19NO3S. The van der Waals surface area contributed by atoms with Crippen LogP contribution in [0.25, 0.3) is 0 Å². The van der Waals surface area contributed by atoms with Gasteiger partial charge in [-0.3, -0.25) is 14.5 Å². The van der Waals surface area contributed by atoms with Gasteiger partial charge >= 0.3 is 0 Å². The van der Waals surface area contributed by atoms with Crippen molar-refractivity contribution in [2.45, 2.75) is 39.7 Å². The average molecular weight is 305 g/mol. The second kappa shape index (κ2) is 6.42. The standard InChI is InChI=1S/C16H19NO3S/c1-16(2)9-14(19)17(15(20)10-16)11-13-12(6-8-21-13)5-3-4-7-18/h6,8,18H,4,7,9-11H2,1-2H3. The maximum absolute atomic E-state index is 12.2. The smallest absolute Gasteiger partial charge is 0.230 e. The van der Waals surface area contributed by atoms with Crippen LogP contribution < -0.4 is 0 Å². The average Bonchev–Trinajstić information content (AvgIpc) is 2.80. The first-order valence-electron chi connectivity index (χ1n) is 6.92. The van der Waals surface area contributed by atoms with E-state index in [9.17, 15) is 9.59 Å². The number of nitrogens with zero attached hydrogens (tertiary/aromatic N) is 1. The number of aliphatic hydroxyl groups is 1. The summed E-state index contributed by atoms with van der Waals surface area (Å²) in [6, 6.07) is 1.88. The number of rotatable bonds is 3. The highest BCUT2D eigenvalue weighted by Gasteiger charge is 2.37. The van der Waals surface area contributed by atoms with E-state index >= 15 is 0 Å². The SMILES string of the molecule is CC1(C)CC(=O)N(Cc2sccc2C#CCCO)C(=O)C1. The summed E-state index contributed by atoms with van der Waals surface area (Å²) < 4.78 is 0. The molecule has 21 heavy (non-hydrogen) atoms. The number of carbonyl (C=O) groups excluding carboxylic acids is 2. The van der Waals surface area contributed by atoms with Crippen molar-refractivity contribution in [1.82, 2.24) is 4.90 Å². The Morgan fingerprint density at radius 1 is 1.33 bits per heavy atom. The minimum absolute atomic E-state index is 0.0324. The van der Waals surface area contributed by atoms with Crippen molar-refractivity contribution < 1.29 is 14.7 Å². The van der Waals surface area contributed by atoms with Crippen LogP contribution in [0.5, 0.6) is 0 Å². The van der Waals surface area contributed by atoms with Gasteiger partial charge in [0.05, 0.1) is 13.2 Å². The van der Waals surface area contributed by atoms with Gasteiger partial charge in [0.2, 0.25) is 11.8 Å². The molecule has 0 spiro atoms. The van der Waals surface area contributed by atoms with Crippen LogP contribution in [0.4, 0.5) is 0 Å². The van der Waals surface area contributed by atoms with Crippen LogP contribution in [0.1, 0.15) is 43.6 Å². The minimum atomic E-state index is -0.246. The first-order chi connectivity index (χ1) is 9.93. The fourth-order valence-electron chi connectivity index (χ4n) is 2.32. The summed E-state index contributed by atoms with van der Waals surface area (Å²) in [5.41, 5.74) is 0.586. The third kappa shape index (κ3) is 3.93. The molecule has 2 amide bonds. The molecule has 5 heteroatoms. The molecule has 1 aromatic heterocycles. The molecule has 112 valence electrons. The molecule has 2 heterocycles. The van der Waals surface area contributed by atoms with E-state index in [0.717, 1.165) is 10.4 Å². The van der Waals surface area contributed by atoms with Crippen molar-refractivity contribution >= 4 is 23.2 Å². The number of hydrogen-bond acceptors (Lipinski definition) is 4. The van der Waals surface area contributed by atoms with Gasteiger partial charge in [-0.1, -0.05) is 25.7 Å². The fraction of sp³-hybridized carbons (Fsp3) is 0.500. The first-order valence-corrected chi connectivity index (χ1v) is 7.80. The predicted molar refractivity (Wildman–Crippen MR) is 81.5 cm³/mol. The second-order valence-electron chi connectivity index (χ2n) is 5.92. The Morgan fingerprint density at radius 3 is 2.62 bits per heavy atom. The number of piperidine rings is 1. The van der Waals surface area contributed by atoms with E-state index in [1.54, 1.807) is 0 Å². The zero-order valence-electron chi connectivity index (χ0n) is 12.3. The molecule has 0 unspecified atom stereocenters. The molecule has 1 fully saturated rings. The quantitative estimate of drug-likeness (QED) is 0.688. The van der Waals surface area contributed by atoms with E-state index in [1.165, 1.54) is 16.2 Å². The normalized spacial score (nSPS) is 17.6. The number of imide groups is 1. The van der Waals surface area contributed by atoms with Gasteiger partial charge in [0.15, 0.2) is 0 Å². The molecule has 1 aliphatic heterocycles. The van der Waals surface area contributed by atoms with Crippen LogP contribution >= 0.6 is 11.3 Å². The third-order valence-corrected chi connectivity index (χ3v) is 4.27. The van der Waals surface area contributed by atoms with E-state index < -0.39 is 0 Å². The molecule has 1 aromatic rings. The number of hydrogen-bond donors (Lipinski definition) is 1. The van der Waals surface area contributed by atoms with Crippen LogP contribution in [-0.4, -0.2) is 28.4 Å². The first kappa shape index (κ1) is 15.7. The van der Waals surface area contributed by atoms with Gasteiger partial charge < -0.3 is 5.11 Å². The number of amides is 2. The monoisotopic (exact) mass is 305 g/mol. The molecule has 0 radical (unpaired) electrons. The summed E-state index contributed by atoms with van der Waals surface area (Å²) in [6.45, 7) is 4.22. The van der Waals surface area contributed by atoms with E-state index in [-0.39, 0.29) is 23.8 Å². The Kier molecular flexibility index (Phi) is 4.81. The lowest BCUT2D eigenvalue weighted by Gasteiger charge is -2.34. The highest BCUT2D eigenvalue weighted by Crippen LogP contribution is 2.32. The van der Waals surface area contributed by atoms with Gasteiger partial charge in [0.1, 0.15) is 0 Å². The van der Waals surface area contributed by atoms with Crippen LogP contribution in [0.15, 0.2) is 11.4 Å². The van der Waals surface area contributed by atoms with E-state index in [1.807, 2.05) is 25.3 Å². The fourth-order valence-corrected chi connectivity index (χ4v) is 3.14. The molecule has 0 saturated carbocycles. The summed E-state index contributed by atoms with van der Waals surface area (Å²) in [7, 11) is 0. The molecule has 0 bridgehead atoms. The molecule has 0 aromatic carbocycles. The largest absolute Gasteiger partial charge is 0.395 e. The number of thiophene rings is 1. The zero-order chi connectivity index (χ0) is 15.5. The lowest BCUT2D eigenvalue weighted by molar-refractivity contribution is -0.153. The Bertz CT molecular complexity index is 587. The maximum Gasteiger partial charge on any atom is 0.230 e. The van der Waals surface area contributed by atoms with Crippen molar-refractivity contribution in [3.8, 4) is 11.8 Å². The second-order valence-corrected chi connectivity index (χ2v) is 6.92. The van der Waals surface area contributed by atoms with Gasteiger partial charge in [-0.2, -0.15) is 0 Å². The maximum atomic E-state index is 12.2. The molecule has 0 aliphatic carbocycles. The number of aliphatic hydroxyl groups excluding tert-OH is 1.